The molecule has 0 aliphatic heterocycles. The van der Waals surface area contributed by atoms with Crippen LogP contribution in [0.5, 0.6) is 0 Å². The number of hydrogen-bond acceptors (Lipinski definition) is 3. The lowest BCUT2D eigenvalue weighted by Gasteiger charge is -2.09. The quantitative estimate of drug-likeness (QED) is 0.626. The SMILES string of the molecule is C[C](CO)c1cc(C2CC2)cc([N+](=O)[O-])c1. The Morgan fingerprint density at radius 3 is 2.69 bits per heavy atom. The van der Waals surface area contributed by atoms with Crippen LogP contribution in [0.2, 0.25) is 0 Å². The van der Waals surface area contributed by atoms with Gasteiger partial charge in [0.15, 0.2) is 0 Å². The molecule has 0 spiro atoms. The van der Waals surface area contributed by atoms with Gasteiger partial charge in [-0.15, -0.1) is 0 Å². The summed E-state index contributed by atoms with van der Waals surface area (Å²) >= 11 is 0. The Morgan fingerprint density at radius 1 is 1.50 bits per heavy atom. The van der Waals surface area contributed by atoms with Crippen molar-refractivity contribution in [3.63, 3.8) is 0 Å². The molecule has 1 aromatic carbocycles. The van der Waals surface area contributed by atoms with Crippen molar-refractivity contribution in [3.05, 3.63) is 45.4 Å². The minimum Gasteiger partial charge on any atom is -0.395 e. The van der Waals surface area contributed by atoms with Crippen molar-refractivity contribution < 1.29 is 10.0 Å². The molecule has 0 bridgehead atoms. The zero-order valence-electron chi connectivity index (χ0n) is 9.14. The molecule has 0 atom stereocenters. The van der Waals surface area contributed by atoms with E-state index in [0.29, 0.717) is 5.92 Å². The van der Waals surface area contributed by atoms with Gasteiger partial charge in [-0.05, 0) is 29.9 Å². The summed E-state index contributed by atoms with van der Waals surface area (Å²) in [6.45, 7) is 1.72. The minimum absolute atomic E-state index is 0.0642. The van der Waals surface area contributed by atoms with Crippen LogP contribution in [0.1, 0.15) is 36.8 Å². The smallest absolute Gasteiger partial charge is 0.270 e. The van der Waals surface area contributed by atoms with Crippen molar-refractivity contribution in [1.82, 2.24) is 0 Å². The number of aliphatic hydroxyl groups is 1. The van der Waals surface area contributed by atoms with Gasteiger partial charge in [-0.2, -0.15) is 0 Å². The average molecular weight is 220 g/mol. The Balaban J connectivity index is 2.40. The summed E-state index contributed by atoms with van der Waals surface area (Å²) in [6, 6.07) is 5.12. The highest BCUT2D eigenvalue weighted by Crippen LogP contribution is 2.42. The molecule has 1 radical (unpaired) electrons. The van der Waals surface area contributed by atoms with Crippen LogP contribution < -0.4 is 0 Å². The number of aliphatic hydroxyl groups excluding tert-OH is 1. The van der Waals surface area contributed by atoms with Gasteiger partial charge in [0.1, 0.15) is 0 Å². The van der Waals surface area contributed by atoms with E-state index >= 15 is 0 Å². The molecular formula is C12H14NO3. The zero-order chi connectivity index (χ0) is 11.7. The van der Waals surface area contributed by atoms with Gasteiger partial charge in [0.05, 0.1) is 11.5 Å². The van der Waals surface area contributed by atoms with E-state index in [9.17, 15) is 10.1 Å². The van der Waals surface area contributed by atoms with Gasteiger partial charge in [-0.1, -0.05) is 13.0 Å². The topological polar surface area (TPSA) is 63.4 Å². The second-order valence-electron chi connectivity index (χ2n) is 4.28. The van der Waals surface area contributed by atoms with E-state index in [1.54, 1.807) is 13.0 Å². The second-order valence-corrected chi connectivity index (χ2v) is 4.28. The molecule has 16 heavy (non-hydrogen) atoms. The van der Waals surface area contributed by atoms with E-state index in [1.165, 1.54) is 6.07 Å². The fourth-order valence-corrected chi connectivity index (χ4v) is 1.73. The number of nitro benzene ring substituents is 1. The van der Waals surface area contributed by atoms with Crippen molar-refractivity contribution >= 4 is 5.69 Å². The molecule has 85 valence electrons. The highest BCUT2D eigenvalue weighted by atomic mass is 16.6. The highest BCUT2D eigenvalue weighted by Gasteiger charge is 2.26. The summed E-state index contributed by atoms with van der Waals surface area (Å²) in [5.74, 6) is 1.25. The number of non-ortho nitro benzene ring substituents is 1. The molecule has 1 aliphatic carbocycles. The van der Waals surface area contributed by atoms with Crippen molar-refractivity contribution in [2.45, 2.75) is 25.7 Å². The molecule has 4 nitrogen and oxygen atoms in total. The molecular weight excluding hydrogens is 206 g/mol. The lowest BCUT2D eigenvalue weighted by Crippen LogP contribution is -2.02. The molecule has 1 N–H and O–H groups in total. The molecule has 0 saturated heterocycles. The predicted octanol–water partition coefficient (Wildman–Crippen LogP) is 2.41. The normalized spacial score (nSPS) is 15.4. The van der Waals surface area contributed by atoms with Crippen LogP contribution in [0.25, 0.3) is 0 Å². The summed E-state index contributed by atoms with van der Waals surface area (Å²) in [7, 11) is 0. The van der Waals surface area contributed by atoms with Crippen molar-refractivity contribution in [1.29, 1.82) is 0 Å². The maximum Gasteiger partial charge on any atom is 0.270 e. The number of nitrogens with zero attached hydrogens (tertiary/aromatic N) is 1. The van der Waals surface area contributed by atoms with Crippen molar-refractivity contribution in [3.8, 4) is 0 Å². The molecule has 4 heteroatoms. The van der Waals surface area contributed by atoms with Gasteiger partial charge in [-0.25, -0.2) is 0 Å². The summed E-state index contributed by atoms with van der Waals surface area (Å²) in [5, 5.41) is 19.8. The summed E-state index contributed by atoms with van der Waals surface area (Å²) < 4.78 is 0. The van der Waals surface area contributed by atoms with E-state index in [-0.39, 0.29) is 17.2 Å². The molecule has 1 aromatic rings. The van der Waals surface area contributed by atoms with Gasteiger partial charge in [-0.3, -0.25) is 10.1 Å². The first-order valence-electron chi connectivity index (χ1n) is 5.35. The van der Waals surface area contributed by atoms with Crippen LogP contribution in [0.4, 0.5) is 5.69 Å². The Bertz CT molecular complexity index is 413. The first-order valence-corrected chi connectivity index (χ1v) is 5.35. The number of nitro groups is 1. The Hall–Kier alpha value is -1.42. The third-order valence-electron chi connectivity index (χ3n) is 2.93. The number of hydrogen-bond donors (Lipinski definition) is 1. The van der Waals surface area contributed by atoms with Crippen LogP contribution in [-0.2, 0) is 0 Å². The van der Waals surface area contributed by atoms with E-state index < -0.39 is 0 Å². The summed E-state index contributed by atoms with van der Waals surface area (Å²) in [5.41, 5.74) is 1.92. The molecule has 0 heterocycles. The summed E-state index contributed by atoms with van der Waals surface area (Å²) in [6.07, 6.45) is 2.22. The van der Waals surface area contributed by atoms with Crippen molar-refractivity contribution in [2.75, 3.05) is 6.61 Å². The number of rotatable bonds is 4. The fraction of sp³-hybridized carbons (Fsp3) is 0.417. The maximum atomic E-state index is 10.8. The van der Waals surface area contributed by atoms with Gasteiger partial charge in [0, 0.05) is 18.1 Å². The first-order chi connectivity index (χ1) is 7.61. The Morgan fingerprint density at radius 2 is 2.19 bits per heavy atom. The minimum atomic E-state index is -0.375. The summed E-state index contributed by atoms with van der Waals surface area (Å²) in [4.78, 5) is 10.4. The van der Waals surface area contributed by atoms with E-state index in [4.69, 9.17) is 5.11 Å². The Kier molecular flexibility index (Phi) is 2.92. The van der Waals surface area contributed by atoms with Crippen LogP contribution >= 0.6 is 0 Å². The molecule has 0 unspecified atom stereocenters. The largest absolute Gasteiger partial charge is 0.395 e. The zero-order valence-corrected chi connectivity index (χ0v) is 9.14. The molecule has 1 saturated carbocycles. The molecule has 0 amide bonds. The van der Waals surface area contributed by atoms with Crippen LogP contribution in [0, 0.1) is 16.0 Å². The van der Waals surface area contributed by atoms with Crippen LogP contribution in [0.3, 0.4) is 0 Å². The van der Waals surface area contributed by atoms with Crippen LogP contribution in [-0.4, -0.2) is 16.6 Å². The van der Waals surface area contributed by atoms with Crippen molar-refractivity contribution in [2.24, 2.45) is 0 Å². The Labute approximate surface area is 94.1 Å². The van der Waals surface area contributed by atoms with Gasteiger partial charge in [0.25, 0.3) is 5.69 Å². The second kappa shape index (κ2) is 4.22. The molecule has 2 rings (SSSR count). The van der Waals surface area contributed by atoms with E-state index in [2.05, 4.69) is 0 Å². The maximum absolute atomic E-state index is 10.8. The van der Waals surface area contributed by atoms with Crippen LogP contribution in [0.15, 0.2) is 18.2 Å². The third kappa shape index (κ3) is 2.22. The highest BCUT2D eigenvalue weighted by molar-refractivity contribution is 5.46. The lowest BCUT2D eigenvalue weighted by atomic mass is 9.97. The lowest BCUT2D eigenvalue weighted by molar-refractivity contribution is -0.385. The van der Waals surface area contributed by atoms with E-state index in [1.807, 2.05) is 6.07 Å². The monoisotopic (exact) mass is 220 g/mol. The van der Waals surface area contributed by atoms with E-state index in [0.717, 1.165) is 29.9 Å². The first kappa shape index (κ1) is 11.1. The molecule has 1 aliphatic rings. The van der Waals surface area contributed by atoms with Gasteiger partial charge in [0.2, 0.25) is 0 Å². The number of benzene rings is 1. The molecule has 0 aromatic heterocycles. The predicted molar refractivity (Wildman–Crippen MR) is 60.2 cm³/mol. The molecule has 1 fully saturated rings. The average Bonchev–Trinajstić information content (AvgIpc) is 3.11. The van der Waals surface area contributed by atoms with Gasteiger partial charge < -0.3 is 5.11 Å². The van der Waals surface area contributed by atoms with Gasteiger partial charge >= 0.3 is 0 Å². The third-order valence-corrected chi connectivity index (χ3v) is 2.93. The fourth-order valence-electron chi connectivity index (χ4n) is 1.73. The standard InChI is InChI=1S/C12H14NO3/c1-8(7-14)10-4-11(9-2-3-9)6-12(5-10)13(15)16/h4-6,9,14H,2-3,7H2,1H3.